The molecule has 1 N–H and O–H groups in total. The zero-order chi connectivity index (χ0) is 19.4. The van der Waals surface area contributed by atoms with Gasteiger partial charge in [-0.15, -0.1) is 0 Å². The summed E-state index contributed by atoms with van der Waals surface area (Å²) in [5.41, 5.74) is -0.190. The highest BCUT2D eigenvalue weighted by molar-refractivity contribution is 6.30. The predicted molar refractivity (Wildman–Crippen MR) is 103 cm³/mol. The van der Waals surface area contributed by atoms with Gasteiger partial charge in [0.25, 0.3) is 5.91 Å². The lowest BCUT2D eigenvalue weighted by atomic mass is 9.83. The van der Waals surface area contributed by atoms with E-state index in [2.05, 4.69) is 12.2 Å². The predicted octanol–water partition coefficient (Wildman–Crippen LogP) is 2.85. The molecular formula is C20H27ClN2O4. The van der Waals surface area contributed by atoms with Crippen LogP contribution in [0.4, 0.5) is 0 Å². The minimum absolute atomic E-state index is 0.189. The third kappa shape index (κ3) is 4.28. The van der Waals surface area contributed by atoms with Gasteiger partial charge in [-0.05, 0) is 55.9 Å². The van der Waals surface area contributed by atoms with E-state index in [1.165, 1.54) is 0 Å². The third-order valence-electron chi connectivity index (χ3n) is 5.53. The molecule has 27 heavy (non-hydrogen) atoms. The monoisotopic (exact) mass is 394 g/mol. The smallest absolute Gasteiger partial charge is 0.256 e. The molecule has 1 spiro atoms. The lowest BCUT2D eigenvalue weighted by Gasteiger charge is -2.43. The summed E-state index contributed by atoms with van der Waals surface area (Å²) in [6.07, 6.45) is 3.44. The zero-order valence-electron chi connectivity index (χ0n) is 15.9. The van der Waals surface area contributed by atoms with Crippen LogP contribution in [0, 0.1) is 5.92 Å². The summed E-state index contributed by atoms with van der Waals surface area (Å²) in [5, 5.41) is 3.41. The third-order valence-corrected chi connectivity index (χ3v) is 5.79. The molecule has 1 aliphatic heterocycles. The number of carbonyl (C=O) groups excluding carboxylic acids is 2. The Morgan fingerprint density at radius 3 is 2.59 bits per heavy atom. The first-order valence-electron chi connectivity index (χ1n) is 9.47. The molecule has 1 saturated heterocycles. The second-order valence-electron chi connectivity index (χ2n) is 7.42. The maximum absolute atomic E-state index is 13.4. The van der Waals surface area contributed by atoms with E-state index in [0.29, 0.717) is 29.7 Å². The Bertz CT molecular complexity index is 671. The normalized spacial score (nSPS) is 27.7. The maximum Gasteiger partial charge on any atom is 0.256 e. The molecule has 2 amide bonds. The van der Waals surface area contributed by atoms with E-state index in [0.717, 1.165) is 25.7 Å². The molecule has 1 aromatic carbocycles. The molecule has 1 atom stereocenters. The number of amides is 2. The van der Waals surface area contributed by atoms with Crippen LogP contribution < -0.4 is 5.32 Å². The quantitative estimate of drug-likeness (QED) is 0.780. The van der Waals surface area contributed by atoms with Gasteiger partial charge in [-0.2, -0.15) is 0 Å². The summed E-state index contributed by atoms with van der Waals surface area (Å²) in [5.74, 6) is 0.205. The number of halogens is 1. The number of rotatable bonds is 5. The Kier molecular flexibility index (Phi) is 6.40. The molecule has 1 unspecified atom stereocenters. The summed E-state index contributed by atoms with van der Waals surface area (Å²) >= 11 is 5.96. The lowest BCUT2D eigenvalue weighted by molar-refractivity contribution is -0.128. The SMILES string of the molecule is COCCNC(=O)C1COC2(CCC(C)CC2)N1C(=O)c1ccc(Cl)cc1. The summed E-state index contributed by atoms with van der Waals surface area (Å²) in [7, 11) is 1.58. The molecule has 3 rings (SSSR count). The average molecular weight is 395 g/mol. The van der Waals surface area contributed by atoms with Crippen LogP contribution in [0.5, 0.6) is 0 Å². The van der Waals surface area contributed by atoms with E-state index in [-0.39, 0.29) is 18.4 Å². The fourth-order valence-electron chi connectivity index (χ4n) is 3.91. The van der Waals surface area contributed by atoms with Gasteiger partial charge in [0.05, 0.1) is 13.2 Å². The van der Waals surface area contributed by atoms with Gasteiger partial charge < -0.3 is 14.8 Å². The van der Waals surface area contributed by atoms with E-state index >= 15 is 0 Å². The first-order valence-corrected chi connectivity index (χ1v) is 9.84. The molecule has 0 radical (unpaired) electrons. The molecule has 1 aliphatic carbocycles. The largest absolute Gasteiger partial charge is 0.383 e. The molecule has 7 heteroatoms. The van der Waals surface area contributed by atoms with Gasteiger partial charge in [0, 0.05) is 24.2 Å². The minimum atomic E-state index is -0.702. The number of benzene rings is 1. The van der Waals surface area contributed by atoms with Crippen molar-refractivity contribution >= 4 is 23.4 Å². The summed E-state index contributed by atoms with van der Waals surface area (Å²) in [6, 6.07) is 6.13. The Balaban J connectivity index is 1.86. The van der Waals surface area contributed by atoms with Gasteiger partial charge in [-0.3, -0.25) is 14.5 Å². The Hall–Kier alpha value is -1.63. The fourth-order valence-corrected chi connectivity index (χ4v) is 4.03. The number of carbonyl (C=O) groups is 2. The van der Waals surface area contributed by atoms with E-state index in [1.54, 1.807) is 36.3 Å². The van der Waals surface area contributed by atoms with Crippen LogP contribution in [-0.4, -0.2) is 55.3 Å². The lowest BCUT2D eigenvalue weighted by Crippen LogP contribution is -2.57. The van der Waals surface area contributed by atoms with Gasteiger partial charge in [0.1, 0.15) is 11.8 Å². The van der Waals surface area contributed by atoms with Crippen LogP contribution in [0.1, 0.15) is 43.0 Å². The van der Waals surface area contributed by atoms with Gasteiger partial charge >= 0.3 is 0 Å². The molecule has 1 heterocycles. The van der Waals surface area contributed by atoms with Gasteiger partial charge in [-0.25, -0.2) is 0 Å². The van der Waals surface area contributed by atoms with Crippen molar-refractivity contribution in [2.24, 2.45) is 5.92 Å². The van der Waals surface area contributed by atoms with Crippen molar-refractivity contribution in [1.29, 1.82) is 0 Å². The Morgan fingerprint density at radius 2 is 1.96 bits per heavy atom. The number of ether oxygens (including phenoxy) is 2. The van der Waals surface area contributed by atoms with Crippen molar-refractivity contribution in [3.63, 3.8) is 0 Å². The fraction of sp³-hybridized carbons (Fsp3) is 0.600. The highest BCUT2D eigenvalue weighted by Crippen LogP contribution is 2.43. The molecule has 0 bridgehead atoms. The zero-order valence-corrected chi connectivity index (χ0v) is 16.6. The van der Waals surface area contributed by atoms with Crippen LogP contribution in [0.2, 0.25) is 5.02 Å². The first-order chi connectivity index (χ1) is 13.0. The average Bonchev–Trinajstić information content (AvgIpc) is 3.03. The van der Waals surface area contributed by atoms with Crippen LogP contribution in [0.3, 0.4) is 0 Å². The molecule has 0 aromatic heterocycles. The Labute approximate surface area is 165 Å². The number of hydrogen-bond acceptors (Lipinski definition) is 4. The topological polar surface area (TPSA) is 67.9 Å². The summed E-state index contributed by atoms with van der Waals surface area (Å²) in [6.45, 7) is 3.25. The van der Waals surface area contributed by atoms with Gasteiger partial charge in [0.2, 0.25) is 5.91 Å². The maximum atomic E-state index is 13.4. The molecular weight excluding hydrogens is 368 g/mol. The molecule has 148 valence electrons. The molecule has 2 aliphatic rings. The van der Waals surface area contributed by atoms with Crippen molar-refractivity contribution in [2.45, 2.75) is 44.4 Å². The van der Waals surface area contributed by atoms with Crippen LogP contribution in [0.15, 0.2) is 24.3 Å². The van der Waals surface area contributed by atoms with Crippen molar-refractivity contribution in [1.82, 2.24) is 10.2 Å². The molecule has 1 saturated carbocycles. The molecule has 1 aromatic rings. The van der Waals surface area contributed by atoms with Crippen LogP contribution in [-0.2, 0) is 14.3 Å². The van der Waals surface area contributed by atoms with Crippen molar-refractivity contribution < 1.29 is 19.1 Å². The number of hydrogen-bond donors (Lipinski definition) is 1. The van der Waals surface area contributed by atoms with E-state index in [4.69, 9.17) is 21.1 Å². The number of methoxy groups -OCH3 is 1. The number of nitrogens with zero attached hydrogens (tertiary/aromatic N) is 1. The second-order valence-corrected chi connectivity index (χ2v) is 7.86. The van der Waals surface area contributed by atoms with E-state index in [1.807, 2.05) is 0 Å². The highest BCUT2D eigenvalue weighted by atomic mass is 35.5. The minimum Gasteiger partial charge on any atom is -0.383 e. The number of nitrogens with one attached hydrogen (secondary N) is 1. The van der Waals surface area contributed by atoms with Gasteiger partial charge in [0.15, 0.2) is 0 Å². The summed E-state index contributed by atoms with van der Waals surface area (Å²) < 4.78 is 11.1. The van der Waals surface area contributed by atoms with Crippen LogP contribution >= 0.6 is 11.6 Å². The van der Waals surface area contributed by atoms with Crippen LogP contribution in [0.25, 0.3) is 0 Å². The van der Waals surface area contributed by atoms with Crippen molar-refractivity contribution in [3.05, 3.63) is 34.9 Å². The molecule has 2 fully saturated rings. The molecule has 6 nitrogen and oxygen atoms in total. The summed E-state index contributed by atoms with van der Waals surface area (Å²) in [4.78, 5) is 27.8. The highest BCUT2D eigenvalue weighted by Gasteiger charge is 2.53. The first kappa shape index (κ1) is 20.1. The second kappa shape index (κ2) is 8.59. The van der Waals surface area contributed by atoms with E-state index in [9.17, 15) is 9.59 Å². The Morgan fingerprint density at radius 1 is 1.30 bits per heavy atom. The van der Waals surface area contributed by atoms with E-state index < -0.39 is 11.8 Å². The van der Waals surface area contributed by atoms with Gasteiger partial charge in [-0.1, -0.05) is 18.5 Å². The van der Waals surface area contributed by atoms with Crippen molar-refractivity contribution in [3.8, 4) is 0 Å². The standard InChI is InChI=1S/C20H27ClN2O4/c1-14-7-9-20(10-8-14)23(19(25)15-3-5-16(21)6-4-15)17(13-27-20)18(24)22-11-12-26-2/h3-6,14,17H,7-13H2,1-2H3,(H,22,24). The van der Waals surface area contributed by atoms with Crippen molar-refractivity contribution in [2.75, 3.05) is 26.9 Å².